The Hall–Kier alpha value is -1.51. The van der Waals surface area contributed by atoms with Crippen molar-refractivity contribution in [3.63, 3.8) is 0 Å². The van der Waals surface area contributed by atoms with E-state index >= 15 is 0 Å². The van der Waals surface area contributed by atoms with E-state index in [0.29, 0.717) is 11.0 Å². The summed E-state index contributed by atoms with van der Waals surface area (Å²) in [5.41, 5.74) is 1.96. The lowest BCUT2D eigenvalue weighted by molar-refractivity contribution is 0.0919. The molecule has 1 aromatic rings. The third-order valence-electron chi connectivity index (χ3n) is 3.80. The Morgan fingerprint density at radius 3 is 2.25 bits per heavy atom. The largest absolute Gasteiger partial charge is 0.385 e. The van der Waals surface area contributed by atoms with Crippen LogP contribution in [0.3, 0.4) is 0 Å². The molecule has 0 aliphatic carbocycles. The van der Waals surface area contributed by atoms with Gasteiger partial charge in [-0.1, -0.05) is 46.1 Å². The number of anilines is 1. The summed E-state index contributed by atoms with van der Waals surface area (Å²) in [5, 5.41) is 6.43. The first-order chi connectivity index (χ1) is 11.1. The summed E-state index contributed by atoms with van der Waals surface area (Å²) in [5.74, 6) is -0.0201. The maximum Gasteiger partial charge on any atom is 0.251 e. The summed E-state index contributed by atoms with van der Waals surface area (Å²) in [6.07, 6.45) is 6.33. The summed E-state index contributed by atoms with van der Waals surface area (Å²) in [7, 11) is 0. The number of hydrogen-bond donors (Lipinski definition) is 2. The Balaban J connectivity index is 2.31. The Labute approximate surface area is 148 Å². The van der Waals surface area contributed by atoms with Crippen LogP contribution in [0, 0.1) is 5.41 Å². The maximum atomic E-state index is 12.2. The molecule has 2 N–H and O–H groups in total. The van der Waals surface area contributed by atoms with Gasteiger partial charge in [-0.25, -0.2) is 0 Å². The van der Waals surface area contributed by atoms with Gasteiger partial charge in [0.25, 0.3) is 5.91 Å². The fraction of sp³-hybridized carbons (Fsp3) is 0.667. The first-order valence-electron chi connectivity index (χ1n) is 9.23. The fourth-order valence-electron chi connectivity index (χ4n) is 2.55. The lowest BCUT2D eigenvalue weighted by Crippen LogP contribution is -2.40. The van der Waals surface area contributed by atoms with Gasteiger partial charge in [-0.05, 0) is 57.2 Å². The van der Waals surface area contributed by atoms with E-state index in [9.17, 15) is 4.79 Å². The standard InChI is InChI=1S/C21H36N2O/c1-20(2,3)14-9-7-8-10-15-22-18-13-11-12-17(16-18)19(24)23-21(4,5)6/h11-13,16,22H,7-10,14-15H2,1-6H3,(H,23,24). The van der Waals surface area contributed by atoms with Crippen molar-refractivity contribution in [2.24, 2.45) is 5.41 Å². The van der Waals surface area contributed by atoms with Crippen LogP contribution in [0.25, 0.3) is 0 Å². The molecule has 136 valence electrons. The highest BCUT2D eigenvalue weighted by atomic mass is 16.1. The summed E-state index contributed by atoms with van der Waals surface area (Å²) in [6, 6.07) is 7.75. The van der Waals surface area contributed by atoms with Crippen LogP contribution in [-0.2, 0) is 0 Å². The second kappa shape index (κ2) is 9.10. The highest BCUT2D eigenvalue weighted by molar-refractivity contribution is 5.95. The van der Waals surface area contributed by atoms with E-state index in [0.717, 1.165) is 12.2 Å². The molecule has 0 spiro atoms. The summed E-state index contributed by atoms with van der Waals surface area (Å²) < 4.78 is 0. The van der Waals surface area contributed by atoms with Crippen molar-refractivity contribution in [1.29, 1.82) is 0 Å². The smallest absolute Gasteiger partial charge is 0.251 e. The predicted octanol–water partition coefficient (Wildman–Crippen LogP) is 5.62. The van der Waals surface area contributed by atoms with Gasteiger partial charge in [0.2, 0.25) is 0 Å². The number of rotatable bonds is 8. The van der Waals surface area contributed by atoms with E-state index < -0.39 is 0 Å². The van der Waals surface area contributed by atoms with Crippen LogP contribution in [0.1, 0.15) is 84.0 Å². The zero-order valence-electron chi connectivity index (χ0n) is 16.5. The lowest BCUT2D eigenvalue weighted by atomic mass is 9.89. The molecule has 1 rings (SSSR count). The molecule has 0 saturated heterocycles. The topological polar surface area (TPSA) is 41.1 Å². The first kappa shape index (κ1) is 20.5. The van der Waals surface area contributed by atoms with E-state index in [4.69, 9.17) is 0 Å². The van der Waals surface area contributed by atoms with E-state index in [2.05, 4.69) is 31.4 Å². The minimum Gasteiger partial charge on any atom is -0.385 e. The van der Waals surface area contributed by atoms with E-state index in [1.54, 1.807) is 0 Å². The van der Waals surface area contributed by atoms with Crippen LogP contribution in [0.5, 0.6) is 0 Å². The molecule has 0 unspecified atom stereocenters. The molecule has 0 fully saturated rings. The van der Waals surface area contributed by atoms with Crippen molar-refractivity contribution in [3.05, 3.63) is 29.8 Å². The molecule has 0 aliphatic heterocycles. The molecule has 0 aliphatic rings. The molecule has 24 heavy (non-hydrogen) atoms. The normalized spacial score (nSPS) is 12.1. The number of amides is 1. The highest BCUT2D eigenvalue weighted by Gasteiger charge is 2.15. The van der Waals surface area contributed by atoms with Crippen LogP contribution in [-0.4, -0.2) is 18.0 Å². The van der Waals surface area contributed by atoms with Gasteiger partial charge in [0.05, 0.1) is 0 Å². The Morgan fingerprint density at radius 1 is 0.958 bits per heavy atom. The third kappa shape index (κ3) is 9.59. The van der Waals surface area contributed by atoms with Gasteiger partial charge in [0.1, 0.15) is 0 Å². The highest BCUT2D eigenvalue weighted by Crippen LogP contribution is 2.22. The fourth-order valence-corrected chi connectivity index (χ4v) is 2.55. The number of nitrogens with one attached hydrogen (secondary N) is 2. The van der Waals surface area contributed by atoms with Gasteiger partial charge in [-0.2, -0.15) is 0 Å². The van der Waals surface area contributed by atoms with Gasteiger partial charge in [0.15, 0.2) is 0 Å². The van der Waals surface area contributed by atoms with Crippen LogP contribution in [0.2, 0.25) is 0 Å². The minimum absolute atomic E-state index is 0.0201. The molecule has 0 saturated carbocycles. The van der Waals surface area contributed by atoms with E-state index in [1.807, 2.05) is 45.0 Å². The SMILES string of the molecule is CC(C)(C)CCCCCCNc1cccc(C(=O)NC(C)(C)C)c1. The van der Waals surface area contributed by atoms with Crippen LogP contribution < -0.4 is 10.6 Å². The monoisotopic (exact) mass is 332 g/mol. The van der Waals surface area contributed by atoms with Crippen molar-refractivity contribution in [3.8, 4) is 0 Å². The molecular formula is C21H36N2O. The average molecular weight is 333 g/mol. The van der Waals surface area contributed by atoms with Crippen molar-refractivity contribution < 1.29 is 4.79 Å². The second-order valence-corrected chi connectivity index (χ2v) is 8.94. The molecule has 3 heteroatoms. The van der Waals surface area contributed by atoms with Crippen LogP contribution >= 0.6 is 0 Å². The lowest BCUT2D eigenvalue weighted by Gasteiger charge is -2.20. The Morgan fingerprint density at radius 2 is 1.62 bits per heavy atom. The van der Waals surface area contributed by atoms with Crippen LogP contribution in [0.4, 0.5) is 5.69 Å². The molecule has 1 aromatic carbocycles. The molecule has 3 nitrogen and oxygen atoms in total. The van der Waals surface area contributed by atoms with E-state index in [1.165, 1.54) is 32.1 Å². The van der Waals surface area contributed by atoms with Crippen molar-refractivity contribution in [2.75, 3.05) is 11.9 Å². The number of carbonyl (C=O) groups is 1. The second-order valence-electron chi connectivity index (χ2n) is 8.94. The number of benzene rings is 1. The summed E-state index contributed by atoms with van der Waals surface area (Å²) in [4.78, 5) is 12.2. The van der Waals surface area contributed by atoms with Gasteiger partial charge in [-0.3, -0.25) is 4.79 Å². The maximum absolute atomic E-state index is 12.2. The molecule has 1 amide bonds. The number of carbonyl (C=O) groups excluding carboxylic acids is 1. The van der Waals surface area contributed by atoms with Crippen molar-refractivity contribution >= 4 is 11.6 Å². The molecule has 0 radical (unpaired) electrons. The van der Waals surface area contributed by atoms with Gasteiger partial charge < -0.3 is 10.6 Å². The van der Waals surface area contributed by atoms with Crippen LogP contribution in [0.15, 0.2) is 24.3 Å². The van der Waals surface area contributed by atoms with E-state index in [-0.39, 0.29) is 11.4 Å². The van der Waals surface area contributed by atoms with Crippen molar-refractivity contribution in [1.82, 2.24) is 5.32 Å². The zero-order valence-corrected chi connectivity index (χ0v) is 16.5. The number of hydrogen-bond acceptors (Lipinski definition) is 2. The molecule has 0 heterocycles. The van der Waals surface area contributed by atoms with Gasteiger partial charge in [-0.15, -0.1) is 0 Å². The van der Waals surface area contributed by atoms with Gasteiger partial charge >= 0.3 is 0 Å². The van der Waals surface area contributed by atoms with Gasteiger partial charge in [0, 0.05) is 23.3 Å². The first-order valence-corrected chi connectivity index (χ1v) is 9.23. The molecule has 0 aromatic heterocycles. The quantitative estimate of drug-likeness (QED) is 0.606. The summed E-state index contributed by atoms with van der Waals surface area (Å²) >= 11 is 0. The minimum atomic E-state index is -0.215. The molecule has 0 atom stereocenters. The molecule has 0 bridgehead atoms. The summed E-state index contributed by atoms with van der Waals surface area (Å²) in [6.45, 7) is 13.8. The Bertz CT molecular complexity index is 509. The van der Waals surface area contributed by atoms with Crippen molar-refractivity contribution in [2.45, 2.75) is 79.2 Å². The zero-order chi connectivity index (χ0) is 18.2. The predicted molar refractivity (Wildman–Crippen MR) is 105 cm³/mol. The third-order valence-corrected chi connectivity index (χ3v) is 3.80. The number of unbranched alkanes of at least 4 members (excludes halogenated alkanes) is 3. The Kier molecular flexibility index (Phi) is 7.78. The molecular weight excluding hydrogens is 296 g/mol. The average Bonchev–Trinajstić information content (AvgIpc) is 2.43.